The van der Waals surface area contributed by atoms with Crippen molar-refractivity contribution in [3.8, 4) is 23.5 Å². The topological polar surface area (TPSA) is 67.4 Å². The molecule has 1 unspecified atom stereocenters. The number of benzene rings is 1. The molecule has 2 saturated heterocycles. The summed E-state index contributed by atoms with van der Waals surface area (Å²) in [6.45, 7) is 3.24. The first-order chi connectivity index (χ1) is 16.9. The molecule has 0 radical (unpaired) electrons. The summed E-state index contributed by atoms with van der Waals surface area (Å²) in [4.78, 5) is 23.5. The minimum absolute atomic E-state index is 0.0212. The molecular formula is C26H21Cl2FN4O2. The summed E-state index contributed by atoms with van der Waals surface area (Å²) < 4.78 is 20.6. The molecular weight excluding hydrogens is 490 g/mol. The Hall–Kier alpha value is -3.18. The third-order valence-corrected chi connectivity index (χ3v) is 7.16. The minimum Gasteiger partial charge on any atom is -0.381 e. The van der Waals surface area contributed by atoms with Crippen LogP contribution in [0.15, 0.2) is 42.9 Å². The summed E-state index contributed by atoms with van der Waals surface area (Å²) in [7, 11) is 0. The van der Waals surface area contributed by atoms with Gasteiger partial charge in [-0.25, -0.2) is 9.37 Å². The molecule has 1 N–H and O–H groups in total. The van der Waals surface area contributed by atoms with Gasteiger partial charge in [-0.3, -0.25) is 9.78 Å². The van der Waals surface area contributed by atoms with Gasteiger partial charge in [-0.05, 0) is 37.1 Å². The van der Waals surface area contributed by atoms with Crippen molar-refractivity contribution in [2.45, 2.75) is 12.8 Å². The quantitative estimate of drug-likeness (QED) is 0.473. The average Bonchev–Trinajstić information content (AvgIpc) is 3.49. The van der Waals surface area contributed by atoms with Crippen LogP contribution in [-0.4, -0.2) is 42.2 Å². The minimum atomic E-state index is -0.632. The van der Waals surface area contributed by atoms with Crippen molar-refractivity contribution in [2.24, 2.45) is 5.41 Å². The van der Waals surface area contributed by atoms with Crippen LogP contribution in [-0.2, 0) is 4.74 Å². The van der Waals surface area contributed by atoms with Gasteiger partial charge < -0.3 is 15.0 Å². The van der Waals surface area contributed by atoms with Crippen LogP contribution in [0.2, 0.25) is 10.0 Å². The number of aromatic nitrogens is 2. The Bertz CT molecular complexity index is 1350. The third-order valence-electron chi connectivity index (χ3n) is 6.57. The average molecular weight is 511 g/mol. The molecule has 2 fully saturated rings. The lowest BCUT2D eigenvalue weighted by Crippen LogP contribution is -2.28. The fourth-order valence-electron chi connectivity index (χ4n) is 4.69. The summed E-state index contributed by atoms with van der Waals surface area (Å²) in [5.74, 6) is 1.93. The molecule has 0 saturated carbocycles. The summed E-state index contributed by atoms with van der Waals surface area (Å²) in [5.41, 5.74) is 1.60. The van der Waals surface area contributed by atoms with Gasteiger partial charge in [0.05, 0.1) is 39.7 Å². The molecule has 6 nitrogen and oxygen atoms in total. The Kier molecular flexibility index (Phi) is 6.37. The second-order valence-corrected chi connectivity index (χ2v) is 9.65. The van der Waals surface area contributed by atoms with Crippen molar-refractivity contribution in [3.05, 3.63) is 69.8 Å². The Labute approximate surface area is 212 Å². The van der Waals surface area contributed by atoms with Crippen LogP contribution in [0.3, 0.4) is 0 Å². The molecule has 1 aromatic carbocycles. The number of rotatable bonds is 4. The highest BCUT2D eigenvalue weighted by Gasteiger charge is 2.42. The molecule has 5 rings (SSSR count). The number of carbonyl (C=O) groups is 1. The van der Waals surface area contributed by atoms with Gasteiger partial charge in [0.15, 0.2) is 0 Å². The molecule has 1 amide bonds. The summed E-state index contributed by atoms with van der Waals surface area (Å²) in [6, 6.07) is 5.70. The number of halogens is 3. The zero-order valence-corrected chi connectivity index (χ0v) is 20.2. The third kappa shape index (κ3) is 4.57. The molecule has 9 heteroatoms. The number of anilines is 2. The van der Waals surface area contributed by atoms with E-state index in [4.69, 9.17) is 34.4 Å². The van der Waals surface area contributed by atoms with Crippen molar-refractivity contribution in [1.29, 1.82) is 0 Å². The molecule has 178 valence electrons. The second-order valence-electron chi connectivity index (χ2n) is 8.84. The van der Waals surface area contributed by atoms with E-state index in [-0.39, 0.29) is 21.6 Å². The van der Waals surface area contributed by atoms with Crippen LogP contribution in [0.1, 0.15) is 28.8 Å². The Morgan fingerprint density at radius 1 is 1.20 bits per heavy atom. The summed E-state index contributed by atoms with van der Waals surface area (Å²) >= 11 is 12.9. The van der Waals surface area contributed by atoms with Crippen molar-refractivity contribution in [2.75, 3.05) is 36.5 Å². The van der Waals surface area contributed by atoms with Gasteiger partial charge in [0.2, 0.25) is 0 Å². The Balaban J connectivity index is 1.34. The number of pyridine rings is 2. The van der Waals surface area contributed by atoms with Crippen LogP contribution in [0.5, 0.6) is 0 Å². The van der Waals surface area contributed by atoms with E-state index in [0.29, 0.717) is 27.7 Å². The van der Waals surface area contributed by atoms with E-state index in [1.165, 1.54) is 24.7 Å². The molecule has 2 aliphatic heterocycles. The van der Waals surface area contributed by atoms with Gasteiger partial charge in [-0.1, -0.05) is 29.1 Å². The van der Waals surface area contributed by atoms with Gasteiger partial charge in [-0.15, -0.1) is 6.42 Å². The zero-order chi connectivity index (χ0) is 24.6. The van der Waals surface area contributed by atoms with Crippen LogP contribution < -0.4 is 10.2 Å². The number of ether oxygens (including phenoxy) is 1. The normalized spacial score (nSPS) is 19.2. The molecule has 4 heterocycles. The molecule has 2 aromatic heterocycles. The number of carbonyl (C=O) groups excluding carboxylic acids is 1. The second kappa shape index (κ2) is 9.46. The highest BCUT2D eigenvalue weighted by molar-refractivity contribution is 6.35. The number of hydrogen-bond donors (Lipinski definition) is 1. The molecule has 35 heavy (non-hydrogen) atoms. The SMILES string of the molecule is C#Cc1cnccc1-c1cc(Cl)c(C(=O)Nc2cnc(N3CCC4(CCOC4)C3)c(Cl)c2)cc1F. The van der Waals surface area contributed by atoms with Crippen LogP contribution in [0, 0.1) is 23.6 Å². The number of nitrogens with zero attached hydrogens (tertiary/aromatic N) is 3. The van der Waals surface area contributed by atoms with Crippen molar-refractivity contribution in [3.63, 3.8) is 0 Å². The first kappa shape index (κ1) is 23.6. The van der Waals surface area contributed by atoms with Crippen LogP contribution in [0.4, 0.5) is 15.9 Å². The fraction of sp³-hybridized carbons (Fsp3) is 0.269. The highest BCUT2D eigenvalue weighted by Crippen LogP contribution is 2.41. The molecule has 0 bridgehead atoms. The highest BCUT2D eigenvalue weighted by atomic mass is 35.5. The van der Waals surface area contributed by atoms with E-state index in [1.54, 1.807) is 12.1 Å². The lowest BCUT2D eigenvalue weighted by atomic mass is 9.87. The van der Waals surface area contributed by atoms with Gasteiger partial charge >= 0.3 is 0 Å². The van der Waals surface area contributed by atoms with Crippen molar-refractivity contribution >= 4 is 40.6 Å². The van der Waals surface area contributed by atoms with E-state index in [0.717, 1.165) is 45.2 Å². The maximum absolute atomic E-state index is 15.0. The lowest BCUT2D eigenvalue weighted by molar-refractivity contribution is 0.102. The standard InChI is InChI=1S/C26H21Cl2FN4O2/c1-2-16-12-30-6-3-18(16)19-10-21(27)20(11-23(19)29)25(34)32-17-9-22(28)24(31-13-17)33-7-4-26(14-33)5-8-35-15-26/h1,3,6,9-13H,4-5,7-8,14-15H2,(H,32,34). The first-order valence-electron chi connectivity index (χ1n) is 11.1. The van der Waals surface area contributed by atoms with Crippen molar-refractivity contribution in [1.82, 2.24) is 9.97 Å². The smallest absolute Gasteiger partial charge is 0.257 e. The van der Waals surface area contributed by atoms with Crippen LogP contribution >= 0.6 is 23.2 Å². The molecule has 0 aliphatic carbocycles. The maximum atomic E-state index is 15.0. The first-order valence-corrected chi connectivity index (χ1v) is 11.8. The zero-order valence-electron chi connectivity index (χ0n) is 18.7. The summed E-state index contributed by atoms with van der Waals surface area (Å²) in [5, 5.41) is 3.20. The van der Waals surface area contributed by atoms with E-state index in [2.05, 4.69) is 26.1 Å². The van der Waals surface area contributed by atoms with Gasteiger partial charge in [-0.2, -0.15) is 0 Å². The van der Waals surface area contributed by atoms with E-state index in [1.807, 2.05) is 0 Å². The predicted octanol–water partition coefficient (Wildman–Crippen LogP) is 5.44. The summed E-state index contributed by atoms with van der Waals surface area (Å²) in [6.07, 6.45) is 12.1. The fourth-order valence-corrected chi connectivity index (χ4v) is 5.22. The van der Waals surface area contributed by atoms with Crippen LogP contribution in [0.25, 0.3) is 11.1 Å². The molecule has 3 aromatic rings. The lowest BCUT2D eigenvalue weighted by Gasteiger charge is -2.23. The largest absolute Gasteiger partial charge is 0.381 e. The van der Waals surface area contributed by atoms with Gasteiger partial charge in [0.1, 0.15) is 11.6 Å². The number of amides is 1. The van der Waals surface area contributed by atoms with E-state index in [9.17, 15) is 9.18 Å². The van der Waals surface area contributed by atoms with E-state index >= 15 is 0 Å². The number of nitrogens with one attached hydrogen (secondary N) is 1. The van der Waals surface area contributed by atoms with Gasteiger partial charge in [0.25, 0.3) is 5.91 Å². The predicted molar refractivity (Wildman–Crippen MR) is 134 cm³/mol. The molecule has 1 atom stereocenters. The Morgan fingerprint density at radius 2 is 2.06 bits per heavy atom. The monoisotopic (exact) mass is 510 g/mol. The van der Waals surface area contributed by atoms with Gasteiger partial charge in [0, 0.05) is 48.6 Å². The van der Waals surface area contributed by atoms with Crippen molar-refractivity contribution < 1.29 is 13.9 Å². The Morgan fingerprint density at radius 3 is 2.80 bits per heavy atom. The maximum Gasteiger partial charge on any atom is 0.257 e. The molecule has 2 aliphatic rings. The number of hydrogen-bond acceptors (Lipinski definition) is 5. The molecule has 1 spiro atoms. The number of terminal acetylenes is 1. The van der Waals surface area contributed by atoms with E-state index < -0.39 is 11.7 Å².